The van der Waals surface area contributed by atoms with Crippen molar-refractivity contribution < 1.29 is 13.9 Å². The Morgan fingerprint density at radius 3 is 2.86 bits per heavy atom. The molecule has 0 saturated carbocycles. The summed E-state index contributed by atoms with van der Waals surface area (Å²) >= 11 is 1.33. The number of fused-ring (bicyclic) bond motifs is 2. The molecule has 2 fully saturated rings. The molecule has 0 aromatic carbocycles. The highest BCUT2D eigenvalue weighted by Gasteiger charge is 2.44. The highest BCUT2D eigenvalue weighted by molar-refractivity contribution is 7.20. The Kier molecular flexibility index (Phi) is 5.19. The van der Waals surface area contributed by atoms with E-state index in [0.717, 1.165) is 42.1 Å². The van der Waals surface area contributed by atoms with Crippen LogP contribution in [0.25, 0.3) is 15.9 Å². The molecule has 8 nitrogen and oxygen atoms in total. The number of hydrogen-bond donors (Lipinski definition) is 1. The summed E-state index contributed by atoms with van der Waals surface area (Å²) in [5.74, 6) is -0.0422. The average molecular weight is 495 g/mol. The predicted octanol–water partition coefficient (Wildman–Crippen LogP) is 4.33. The number of hydrogen-bond acceptors (Lipinski definition) is 7. The molecule has 2 aliphatic heterocycles. The van der Waals surface area contributed by atoms with Crippen LogP contribution in [0.15, 0.2) is 30.6 Å². The number of likely N-dealkylation sites (N-methyl/N-ethyl adjacent to an activating group) is 1. The average Bonchev–Trinajstić information content (AvgIpc) is 3.61. The van der Waals surface area contributed by atoms with Crippen LogP contribution in [0.5, 0.6) is 5.75 Å². The van der Waals surface area contributed by atoms with Crippen molar-refractivity contribution in [3.8, 4) is 5.75 Å². The van der Waals surface area contributed by atoms with Gasteiger partial charge in [0.25, 0.3) is 5.91 Å². The molecule has 2 saturated heterocycles. The molecule has 10 heteroatoms. The van der Waals surface area contributed by atoms with Gasteiger partial charge in [-0.15, -0.1) is 11.3 Å². The van der Waals surface area contributed by atoms with E-state index in [-0.39, 0.29) is 28.5 Å². The van der Waals surface area contributed by atoms with Crippen molar-refractivity contribution in [3.63, 3.8) is 0 Å². The van der Waals surface area contributed by atoms with Gasteiger partial charge in [-0.1, -0.05) is 0 Å². The number of carbonyl (C=O) groups is 1. The maximum atomic E-state index is 14.9. The molecule has 0 radical (unpaired) electrons. The highest BCUT2D eigenvalue weighted by atomic mass is 32.1. The van der Waals surface area contributed by atoms with E-state index in [4.69, 9.17) is 9.72 Å². The van der Waals surface area contributed by atoms with Gasteiger partial charge in [0.1, 0.15) is 16.3 Å². The Bertz CT molecular complexity index is 1470. The van der Waals surface area contributed by atoms with E-state index >= 15 is 0 Å². The van der Waals surface area contributed by atoms with E-state index in [1.165, 1.54) is 31.3 Å². The first-order valence-electron chi connectivity index (χ1n) is 11.8. The molecule has 0 bridgehead atoms. The lowest BCUT2D eigenvalue weighted by Crippen LogP contribution is -2.43. The molecule has 6 rings (SSSR count). The zero-order valence-electron chi connectivity index (χ0n) is 20.0. The molecule has 4 aromatic heterocycles. The number of nitrogens with zero attached hydrogens (tertiary/aromatic N) is 5. The first kappa shape index (κ1) is 22.2. The Labute approximate surface area is 206 Å². The summed E-state index contributed by atoms with van der Waals surface area (Å²) in [6.45, 7) is 4.92. The third-order valence-corrected chi connectivity index (χ3v) is 8.45. The third-order valence-electron chi connectivity index (χ3n) is 7.41. The van der Waals surface area contributed by atoms with Crippen molar-refractivity contribution in [2.45, 2.75) is 31.7 Å². The van der Waals surface area contributed by atoms with Gasteiger partial charge in [-0.25, -0.2) is 9.97 Å². The van der Waals surface area contributed by atoms with Crippen LogP contribution in [0.1, 0.15) is 34.6 Å². The van der Waals surface area contributed by atoms with Crippen molar-refractivity contribution in [2.75, 3.05) is 44.0 Å². The Hall–Kier alpha value is -3.24. The van der Waals surface area contributed by atoms with Crippen molar-refractivity contribution in [2.24, 2.45) is 0 Å². The van der Waals surface area contributed by atoms with Gasteiger partial charge in [0, 0.05) is 36.4 Å². The van der Waals surface area contributed by atoms with Gasteiger partial charge < -0.3 is 19.4 Å². The van der Waals surface area contributed by atoms with E-state index in [9.17, 15) is 9.18 Å². The summed E-state index contributed by atoms with van der Waals surface area (Å²) in [5.41, 5.74) is 1.34. The number of halogens is 1. The van der Waals surface area contributed by atoms with Crippen LogP contribution in [-0.2, 0) is 0 Å². The largest absolute Gasteiger partial charge is 0.491 e. The quantitative estimate of drug-likeness (QED) is 0.455. The summed E-state index contributed by atoms with van der Waals surface area (Å²) < 4.78 is 21.7. The summed E-state index contributed by atoms with van der Waals surface area (Å²) in [6, 6.07) is 5.89. The molecule has 6 heterocycles. The molecule has 1 N–H and O–H groups in total. The molecule has 1 atom stereocenters. The molecular weight excluding hydrogens is 467 g/mol. The number of methoxy groups -OCH3 is 1. The lowest BCUT2D eigenvalue weighted by molar-refractivity contribution is 0.103. The second-order valence-electron chi connectivity index (χ2n) is 9.55. The minimum atomic E-state index is -0.614. The highest BCUT2D eigenvalue weighted by Crippen LogP contribution is 2.39. The molecule has 2 aliphatic rings. The Balaban J connectivity index is 1.26. The molecule has 1 spiro atoms. The van der Waals surface area contributed by atoms with Gasteiger partial charge in [0.15, 0.2) is 11.4 Å². The number of aryl methyl sites for hydroxylation is 1. The fraction of sp³-hybridized carbons (Fsp3) is 0.400. The van der Waals surface area contributed by atoms with Crippen molar-refractivity contribution >= 4 is 44.6 Å². The number of anilines is 2. The van der Waals surface area contributed by atoms with Gasteiger partial charge >= 0.3 is 0 Å². The first-order chi connectivity index (χ1) is 16.9. The number of amides is 1. The third kappa shape index (κ3) is 3.63. The molecule has 182 valence electrons. The second kappa shape index (κ2) is 8.17. The lowest BCUT2D eigenvalue weighted by atomic mass is 9.96. The molecule has 35 heavy (non-hydrogen) atoms. The predicted molar refractivity (Wildman–Crippen MR) is 135 cm³/mol. The van der Waals surface area contributed by atoms with Crippen molar-refractivity contribution in [3.05, 3.63) is 47.0 Å². The zero-order chi connectivity index (χ0) is 24.3. The number of thiophene rings is 1. The SMILES string of the molecule is COc1c(NC(=O)c2cc3ccc(N4CC[C@@]5(CCCN5C)C4)nc3s2)cn2cc(C)nc2c1F. The van der Waals surface area contributed by atoms with Gasteiger partial charge in [0.2, 0.25) is 5.82 Å². The maximum absolute atomic E-state index is 14.9. The Morgan fingerprint density at radius 2 is 2.09 bits per heavy atom. The fourth-order valence-corrected chi connectivity index (χ4v) is 6.43. The molecule has 1 amide bonds. The van der Waals surface area contributed by atoms with Crippen molar-refractivity contribution in [1.82, 2.24) is 19.3 Å². The van der Waals surface area contributed by atoms with E-state index in [2.05, 4.69) is 27.1 Å². The summed E-state index contributed by atoms with van der Waals surface area (Å²) in [4.78, 5) is 28.3. The summed E-state index contributed by atoms with van der Waals surface area (Å²) in [5, 5.41) is 3.71. The molecule has 0 unspecified atom stereocenters. The van der Waals surface area contributed by atoms with Gasteiger partial charge in [-0.2, -0.15) is 4.39 Å². The summed E-state index contributed by atoms with van der Waals surface area (Å²) in [6.07, 6.45) is 6.95. The first-order valence-corrected chi connectivity index (χ1v) is 12.6. The van der Waals surface area contributed by atoms with Gasteiger partial charge in [0.05, 0.1) is 17.7 Å². The van der Waals surface area contributed by atoms with Crippen LogP contribution < -0.4 is 15.0 Å². The summed E-state index contributed by atoms with van der Waals surface area (Å²) in [7, 11) is 3.60. The van der Waals surface area contributed by atoms with Gasteiger partial charge in [-0.3, -0.25) is 9.69 Å². The molecular formula is C25H27FN6O2S. The zero-order valence-corrected chi connectivity index (χ0v) is 20.8. The number of pyridine rings is 2. The molecule has 0 aliphatic carbocycles. The smallest absolute Gasteiger partial charge is 0.265 e. The molecule has 4 aromatic rings. The van der Waals surface area contributed by atoms with E-state index in [0.29, 0.717) is 10.6 Å². The van der Waals surface area contributed by atoms with E-state index < -0.39 is 5.82 Å². The van der Waals surface area contributed by atoms with Crippen LogP contribution in [0.4, 0.5) is 15.9 Å². The number of carbonyl (C=O) groups excluding carboxylic acids is 1. The van der Waals surface area contributed by atoms with Gasteiger partial charge in [-0.05, 0) is 58.0 Å². The topological polar surface area (TPSA) is 75.0 Å². The monoisotopic (exact) mass is 494 g/mol. The van der Waals surface area contributed by atoms with Crippen LogP contribution in [-0.4, -0.2) is 64.5 Å². The minimum absolute atomic E-state index is 0.0437. The van der Waals surface area contributed by atoms with Crippen molar-refractivity contribution in [1.29, 1.82) is 0 Å². The normalized spacial score (nSPS) is 20.5. The lowest BCUT2D eigenvalue weighted by Gasteiger charge is -2.32. The number of nitrogens with one attached hydrogen (secondary N) is 1. The number of likely N-dealkylation sites (tertiary alicyclic amines) is 1. The number of rotatable bonds is 4. The number of aromatic nitrogens is 3. The minimum Gasteiger partial charge on any atom is -0.491 e. The van der Waals surface area contributed by atoms with Crippen LogP contribution in [0, 0.1) is 12.7 Å². The van der Waals surface area contributed by atoms with Crippen LogP contribution >= 0.6 is 11.3 Å². The van der Waals surface area contributed by atoms with E-state index in [1.54, 1.807) is 23.7 Å². The maximum Gasteiger partial charge on any atom is 0.265 e. The fourth-order valence-electron chi connectivity index (χ4n) is 5.50. The van der Waals surface area contributed by atoms with Crippen LogP contribution in [0.3, 0.4) is 0 Å². The number of imidazole rings is 1. The van der Waals surface area contributed by atoms with Crippen LogP contribution in [0.2, 0.25) is 0 Å². The second-order valence-corrected chi connectivity index (χ2v) is 10.6. The standard InChI is InChI=1S/C25H27FN6O2S/c1-15-12-32-13-17(21(34-3)20(26)22(32)27-15)28-23(33)18-11-16-5-6-19(29-24(16)35-18)31-10-8-25(14-31)7-4-9-30(25)2/h5-6,11-13H,4,7-10,14H2,1-3H3,(H,28,33)/t25-/m0/s1. The van der Waals surface area contributed by atoms with E-state index in [1.807, 2.05) is 18.2 Å². The number of ether oxygens (including phenoxy) is 1. The Morgan fingerprint density at radius 1 is 1.23 bits per heavy atom.